The predicted octanol–water partition coefficient (Wildman–Crippen LogP) is 0.579. The van der Waals surface area contributed by atoms with Gasteiger partial charge in [-0.15, -0.1) is 0 Å². The molecule has 1 N–H and O–H groups in total. The summed E-state index contributed by atoms with van der Waals surface area (Å²) in [6.45, 7) is 0.942. The van der Waals surface area contributed by atoms with Crippen LogP contribution in [0.15, 0.2) is 0 Å². The van der Waals surface area contributed by atoms with Crippen LogP contribution in [0.2, 0.25) is 0 Å². The molecule has 1 fully saturated rings. The summed E-state index contributed by atoms with van der Waals surface area (Å²) in [4.78, 5) is 0. The lowest BCUT2D eigenvalue weighted by Gasteiger charge is -2.25. The number of rotatable bonds is 1. The highest BCUT2D eigenvalue weighted by atomic mass is 19.1. The van der Waals surface area contributed by atoms with Crippen molar-refractivity contribution in [3.8, 4) is 0 Å². The second kappa shape index (κ2) is 3.13. The van der Waals surface area contributed by atoms with E-state index in [1.165, 1.54) is 0 Å². The minimum absolute atomic E-state index is 0. The van der Waals surface area contributed by atoms with E-state index in [0.717, 1.165) is 6.42 Å². The van der Waals surface area contributed by atoms with Crippen molar-refractivity contribution < 1.29 is 10.6 Å². The summed E-state index contributed by atoms with van der Waals surface area (Å²) < 4.78 is 17.6. The molecule has 0 unspecified atom stereocenters. The van der Waals surface area contributed by atoms with Crippen LogP contribution in [0.5, 0.6) is 0 Å². The quantitative estimate of drug-likeness (QED) is 0.568. The number of halogens is 1. The van der Waals surface area contributed by atoms with Gasteiger partial charge in [0.05, 0.1) is 6.61 Å². The molecule has 2 atom stereocenters. The van der Waals surface area contributed by atoms with Crippen LogP contribution in [0, 0.1) is 0 Å². The number of ether oxygens (including phenoxy) is 1. The lowest BCUT2D eigenvalue weighted by Crippen LogP contribution is -2.42. The highest BCUT2D eigenvalue weighted by Gasteiger charge is 2.22. The molecule has 0 aromatic carbocycles. The van der Waals surface area contributed by atoms with Crippen molar-refractivity contribution in [2.45, 2.75) is 18.6 Å². The molecule has 0 bridgehead atoms. The molecule has 2 nitrogen and oxygen atoms in total. The zero-order valence-corrected chi connectivity index (χ0v) is 5.56. The zero-order valence-electron chi connectivity index (χ0n) is 5.56. The maximum absolute atomic E-state index is 12.7. The summed E-state index contributed by atoms with van der Waals surface area (Å²) >= 11 is 0. The molecule has 0 spiro atoms. The van der Waals surface area contributed by atoms with E-state index in [-0.39, 0.29) is 14.1 Å². The maximum atomic E-state index is 12.7. The molecular weight excluding hydrogens is 121 g/mol. The van der Waals surface area contributed by atoms with Crippen LogP contribution in [0.4, 0.5) is 4.39 Å². The van der Waals surface area contributed by atoms with E-state index < -0.39 is 6.17 Å². The molecule has 56 valence electrons. The van der Waals surface area contributed by atoms with E-state index in [1.54, 1.807) is 7.05 Å². The molecule has 9 heavy (non-hydrogen) atoms. The van der Waals surface area contributed by atoms with Gasteiger partial charge in [-0.05, 0) is 13.5 Å². The molecule has 3 heteroatoms. The van der Waals surface area contributed by atoms with E-state index in [1.807, 2.05) is 0 Å². The fourth-order valence-corrected chi connectivity index (χ4v) is 1.03. The summed E-state index contributed by atoms with van der Waals surface area (Å²) in [5, 5.41) is 2.90. The smallest absolute Gasteiger partial charge is 0.139 e. The van der Waals surface area contributed by atoms with Gasteiger partial charge in [0.1, 0.15) is 6.17 Å². The Balaban J connectivity index is 0.000000810. The van der Waals surface area contributed by atoms with Gasteiger partial charge in [0.25, 0.3) is 0 Å². The first-order valence-electron chi connectivity index (χ1n) is 3.23. The van der Waals surface area contributed by atoms with Gasteiger partial charge in [-0.3, -0.25) is 0 Å². The van der Waals surface area contributed by atoms with E-state index >= 15 is 0 Å². The minimum Gasteiger partial charge on any atom is -0.378 e. The third-order valence-electron chi connectivity index (χ3n) is 1.66. The lowest BCUT2D eigenvalue weighted by atomic mass is 10.1. The second-order valence-electron chi connectivity index (χ2n) is 2.27. The molecule has 1 rings (SSSR count). The Morgan fingerprint density at radius 2 is 2.56 bits per heavy atom. The molecule has 0 aromatic rings. The first kappa shape index (κ1) is 6.96. The molecule has 0 aromatic heterocycles. The van der Waals surface area contributed by atoms with Crippen LogP contribution in [0.1, 0.15) is 7.85 Å². The Labute approximate surface area is 55.9 Å². The minimum atomic E-state index is -0.816. The fourth-order valence-electron chi connectivity index (χ4n) is 1.03. The molecule has 1 aliphatic rings. The second-order valence-corrected chi connectivity index (χ2v) is 2.27. The summed E-state index contributed by atoms with van der Waals surface area (Å²) in [6, 6.07) is 0.0127. The number of alkyl halides is 1. The first-order valence-corrected chi connectivity index (χ1v) is 3.23. The van der Waals surface area contributed by atoms with E-state index in [9.17, 15) is 4.39 Å². The van der Waals surface area contributed by atoms with Gasteiger partial charge in [-0.25, -0.2) is 4.39 Å². The maximum Gasteiger partial charge on any atom is 0.139 e. The third-order valence-corrected chi connectivity index (χ3v) is 1.66. The van der Waals surface area contributed by atoms with E-state index in [0.29, 0.717) is 6.61 Å². The van der Waals surface area contributed by atoms with Crippen LogP contribution in [-0.4, -0.2) is 32.5 Å². The van der Waals surface area contributed by atoms with Crippen LogP contribution >= 0.6 is 0 Å². The van der Waals surface area contributed by atoms with Crippen molar-refractivity contribution in [1.29, 1.82) is 0 Å². The molecule has 1 heterocycles. The van der Waals surface area contributed by atoms with Gasteiger partial charge >= 0.3 is 0 Å². The third kappa shape index (κ3) is 1.63. The molecule has 0 aliphatic carbocycles. The van der Waals surface area contributed by atoms with E-state index in [2.05, 4.69) is 5.32 Å². The average Bonchev–Trinajstić information content (AvgIpc) is 1.89. The van der Waals surface area contributed by atoms with E-state index in [4.69, 9.17) is 4.74 Å². The van der Waals surface area contributed by atoms with Crippen molar-refractivity contribution >= 4 is 0 Å². The fraction of sp³-hybridized carbons (Fsp3) is 1.00. The standard InChI is InChI=1S/C6H12FNO.H2/c1-8-6-2-3-9-4-5(6)7;/h5-6,8H,2-4H2,1H3;1H/t5-,6-;/m0./s1. The van der Waals surface area contributed by atoms with Gasteiger partial charge in [0, 0.05) is 14.1 Å². The Morgan fingerprint density at radius 1 is 1.78 bits per heavy atom. The SMILES string of the molecule is CN[C@H]1CCOC[C@@H]1F.[HH]. The Kier molecular flexibility index (Phi) is 2.42. The van der Waals surface area contributed by atoms with Crippen LogP contribution in [0.3, 0.4) is 0 Å². The van der Waals surface area contributed by atoms with Gasteiger partial charge < -0.3 is 10.1 Å². The van der Waals surface area contributed by atoms with Gasteiger partial charge in [-0.1, -0.05) is 0 Å². The molecular formula is C6H14FNO. The van der Waals surface area contributed by atoms with Crippen molar-refractivity contribution in [2.24, 2.45) is 0 Å². The average molecular weight is 135 g/mol. The molecule has 1 aliphatic heterocycles. The lowest BCUT2D eigenvalue weighted by molar-refractivity contribution is 0.0160. The Morgan fingerprint density at radius 3 is 3.00 bits per heavy atom. The normalized spacial score (nSPS) is 36.7. The molecule has 1 saturated heterocycles. The summed E-state index contributed by atoms with van der Waals surface area (Å²) in [7, 11) is 1.78. The van der Waals surface area contributed by atoms with Crippen molar-refractivity contribution in [3.05, 3.63) is 0 Å². The topological polar surface area (TPSA) is 21.3 Å². The van der Waals surface area contributed by atoms with Crippen LogP contribution in [-0.2, 0) is 4.74 Å². The highest BCUT2D eigenvalue weighted by Crippen LogP contribution is 2.09. The van der Waals surface area contributed by atoms with Crippen molar-refractivity contribution in [1.82, 2.24) is 5.32 Å². The van der Waals surface area contributed by atoms with Crippen LogP contribution in [0.25, 0.3) is 0 Å². The number of nitrogens with one attached hydrogen (secondary N) is 1. The van der Waals surface area contributed by atoms with Gasteiger partial charge in [0.2, 0.25) is 0 Å². The largest absolute Gasteiger partial charge is 0.378 e. The van der Waals surface area contributed by atoms with Gasteiger partial charge in [0.15, 0.2) is 0 Å². The Bertz CT molecular complexity index is 93.8. The first-order chi connectivity index (χ1) is 4.34. The monoisotopic (exact) mass is 135 g/mol. The summed E-state index contributed by atoms with van der Waals surface area (Å²) in [5.41, 5.74) is 0. The molecule has 0 radical (unpaired) electrons. The molecule has 0 saturated carbocycles. The van der Waals surface area contributed by atoms with Crippen molar-refractivity contribution in [3.63, 3.8) is 0 Å². The van der Waals surface area contributed by atoms with Crippen LogP contribution < -0.4 is 5.32 Å². The zero-order chi connectivity index (χ0) is 6.69. The summed E-state index contributed by atoms with van der Waals surface area (Å²) in [5.74, 6) is 0. The predicted molar refractivity (Wildman–Crippen MR) is 35.3 cm³/mol. The highest BCUT2D eigenvalue weighted by molar-refractivity contribution is 4.77. The molecule has 0 amide bonds. The van der Waals surface area contributed by atoms with Crippen molar-refractivity contribution in [2.75, 3.05) is 20.3 Å². The van der Waals surface area contributed by atoms with Gasteiger partial charge in [-0.2, -0.15) is 0 Å². The summed E-state index contributed by atoms with van der Waals surface area (Å²) in [6.07, 6.45) is -0.0266. The Hall–Kier alpha value is -0.150. The number of hydrogen-bond acceptors (Lipinski definition) is 2. The number of hydrogen-bond donors (Lipinski definition) is 1.